The maximum atomic E-state index is 12.8. The Balaban J connectivity index is 2.69. The van der Waals surface area contributed by atoms with Crippen molar-refractivity contribution < 1.29 is 13.2 Å². The molecule has 0 spiro atoms. The van der Waals surface area contributed by atoms with E-state index in [2.05, 4.69) is 11.6 Å². The molecule has 2 nitrogen and oxygen atoms in total. The standard InChI is InChI=1S/C12H11F3N2/c1-8(2)7-17-10-6-4-3-5-9(10)16-11(17)12(13,14)15/h3-6H,1,7H2,2H3. The van der Waals surface area contributed by atoms with Crippen molar-refractivity contribution in [1.29, 1.82) is 0 Å². The lowest BCUT2D eigenvalue weighted by Crippen LogP contribution is -2.15. The monoisotopic (exact) mass is 240 g/mol. The van der Waals surface area contributed by atoms with Gasteiger partial charge in [-0.25, -0.2) is 4.98 Å². The van der Waals surface area contributed by atoms with Crippen molar-refractivity contribution >= 4 is 11.0 Å². The first-order valence-corrected chi connectivity index (χ1v) is 5.06. The maximum absolute atomic E-state index is 12.8. The Morgan fingerprint density at radius 3 is 2.59 bits per heavy atom. The molecule has 2 rings (SSSR count). The smallest absolute Gasteiger partial charge is 0.316 e. The molecule has 0 radical (unpaired) electrons. The molecule has 2 aromatic rings. The third kappa shape index (κ3) is 2.18. The van der Waals surface area contributed by atoms with Crippen LogP contribution in [-0.4, -0.2) is 9.55 Å². The Morgan fingerprint density at radius 1 is 1.35 bits per heavy atom. The fourth-order valence-corrected chi connectivity index (χ4v) is 1.72. The topological polar surface area (TPSA) is 17.8 Å². The Labute approximate surface area is 96.4 Å². The largest absolute Gasteiger partial charge is 0.449 e. The van der Waals surface area contributed by atoms with Crippen LogP contribution >= 0.6 is 0 Å². The number of alkyl halides is 3. The molecule has 0 bridgehead atoms. The van der Waals surface area contributed by atoms with Gasteiger partial charge in [0.2, 0.25) is 5.82 Å². The second-order valence-electron chi connectivity index (χ2n) is 3.97. The van der Waals surface area contributed by atoms with Crippen molar-refractivity contribution in [3.63, 3.8) is 0 Å². The Hall–Kier alpha value is -1.78. The summed E-state index contributed by atoms with van der Waals surface area (Å²) in [5.74, 6) is -0.873. The van der Waals surface area contributed by atoms with E-state index in [4.69, 9.17) is 0 Å². The number of fused-ring (bicyclic) bond motifs is 1. The van der Waals surface area contributed by atoms with Crippen molar-refractivity contribution in [3.05, 3.63) is 42.2 Å². The lowest BCUT2D eigenvalue weighted by molar-refractivity contribution is -0.146. The molecule has 5 heteroatoms. The number of rotatable bonds is 2. The fourth-order valence-electron chi connectivity index (χ4n) is 1.72. The molecule has 1 heterocycles. The quantitative estimate of drug-likeness (QED) is 0.733. The number of imidazole rings is 1. The molecule has 0 fully saturated rings. The highest BCUT2D eigenvalue weighted by Gasteiger charge is 2.37. The first kappa shape index (κ1) is 11.7. The molecular formula is C12H11F3N2. The van der Waals surface area contributed by atoms with Crippen LogP contribution in [0.5, 0.6) is 0 Å². The predicted octanol–water partition coefficient (Wildman–Crippen LogP) is 3.63. The van der Waals surface area contributed by atoms with Gasteiger partial charge in [-0.3, -0.25) is 0 Å². The number of para-hydroxylation sites is 2. The molecule has 17 heavy (non-hydrogen) atoms. The number of allylic oxidation sites excluding steroid dienone is 1. The first-order valence-electron chi connectivity index (χ1n) is 5.06. The van der Waals surface area contributed by atoms with Crippen LogP contribution in [0.2, 0.25) is 0 Å². The van der Waals surface area contributed by atoms with Crippen LogP contribution < -0.4 is 0 Å². The minimum absolute atomic E-state index is 0.120. The Morgan fingerprint density at radius 2 is 2.00 bits per heavy atom. The predicted molar refractivity (Wildman–Crippen MR) is 59.5 cm³/mol. The molecule has 0 amide bonds. The number of nitrogens with zero attached hydrogens (tertiary/aromatic N) is 2. The van der Waals surface area contributed by atoms with E-state index in [0.29, 0.717) is 16.6 Å². The molecule has 0 N–H and O–H groups in total. The zero-order chi connectivity index (χ0) is 12.6. The van der Waals surface area contributed by atoms with E-state index < -0.39 is 12.0 Å². The van der Waals surface area contributed by atoms with Gasteiger partial charge in [-0.05, 0) is 19.1 Å². The van der Waals surface area contributed by atoms with Gasteiger partial charge in [0.05, 0.1) is 11.0 Å². The van der Waals surface area contributed by atoms with Gasteiger partial charge in [0.25, 0.3) is 0 Å². The molecule has 0 saturated carbocycles. The lowest BCUT2D eigenvalue weighted by Gasteiger charge is -2.10. The van der Waals surface area contributed by atoms with Crippen LogP contribution in [0.3, 0.4) is 0 Å². The van der Waals surface area contributed by atoms with E-state index in [1.165, 1.54) is 0 Å². The first-order chi connectivity index (χ1) is 7.89. The third-order valence-corrected chi connectivity index (χ3v) is 2.34. The molecule has 0 unspecified atom stereocenters. The molecule has 0 atom stereocenters. The van der Waals surface area contributed by atoms with Crippen LogP contribution in [-0.2, 0) is 12.7 Å². The number of hydrogen-bond acceptors (Lipinski definition) is 1. The van der Waals surface area contributed by atoms with Crippen LogP contribution in [0.15, 0.2) is 36.4 Å². The van der Waals surface area contributed by atoms with Crippen molar-refractivity contribution in [3.8, 4) is 0 Å². The van der Waals surface area contributed by atoms with Crippen molar-refractivity contribution in [2.45, 2.75) is 19.6 Å². The summed E-state index contributed by atoms with van der Waals surface area (Å²) in [5, 5.41) is 0. The highest BCUT2D eigenvalue weighted by Crippen LogP contribution is 2.31. The van der Waals surface area contributed by atoms with E-state index >= 15 is 0 Å². The van der Waals surface area contributed by atoms with E-state index in [1.54, 1.807) is 31.2 Å². The van der Waals surface area contributed by atoms with E-state index in [1.807, 2.05) is 0 Å². The highest BCUT2D eigenvalue weighted by atomic mass is 19.4. The lowest BCUT2D eigenvalue weighted by atomic mass is 10.3. The van der Waals surface area contributed by atoms with E-state index in [0.717, 1.165) is 4.57 Å². The summed E-state index contributed by atoms with van der Waals surface area (Å²) in [6, 6.07) is 6.56. The number of aromatic nitrogens is 2. The SMILES string of the molecule is C=C(C)Cn1c(C(F)(F)F)nc2ccccc21. The number of halogens is 3. The minimum atomic E-state index is -4.45. The fraction of sp³-hybridized carbons (Fsp3) is 0.250. The third-order valence-electron chi connectivity index (χ3n) is 2.34. The van der Waals surface area contributed by atoms with Crippen LogP contribution in [0.25, 0.3) is 11.0 Å². The minimum Gasteiger partial charge on any atom is -0.316 e. The summed E-state index contributed by atoms with van der Waals surface area (Å²) in [5.41, 5.74) is 1.47. The summed E-state index contributed by atoms with van der Waals surface area (Å²) in [6.07, 6.45) is -4.45. The average Bonchev–Trinajstić information content (AvgIpc) is 2.56. The van der Waals surface area contributed by atoms with Crippen molar-refractivity contribution in [2.24, 2.45) is 0 Å². The second kappa shape index (κ2) is 3.91. The van der Waals surface area contributed by atoms with Gasteiger partial charge in [0.1, 0.15) is 0 Å². The summed E-state index contributed by atoms with van der Waals surface area (Å²) < 4.78 is 39.6. The molecule has 90 valence electrons. The average molecular weight is 240 g/mol. The van der Waals surface area contributed by atoms with Gasteiger partial charge < -0.3 is 4.57 Å². The zero-order valence-electron chi connectivity index (χ0n) is 9.25. The number of benzene rings is 1. The van der Waals surface area contributed by atoms with Crippen molar-refractivity contribution in [2.75, 3.05) is 0 Å². The van der Waals surface area contributed by atoms with Crippen LogP contribution in [0.1, 0.15) is 12.7 Å². The normalized spacial score (nSPS) is 12.0. The van der Waals surface area contributed by atoms with Crippen LogP contribution in [0, 0.1) is 0 Å². The molecule has 0 saturated heterocycles. The van der Waals surface area contributed by atoms with Gasteiger partial charge in [-0.1, -0.05) is 24.3 Å². The molecule has 1 aromatic heterocycles. The molecule has 0 aliphatic carbocycles. The Bertz CT molecular complexity index is 567. The van der Waals surface area contributed by atoms with Crippen LogP contribution in [0.4, 0.5) is 13.2 Å². The molecule has 0 aliphatic heterocycles. The summed E-state index contributed by atoms with van der Waals surface area (Å²) in [4.78, 5) is 3.63. The van der Waals surface area contributed by atoms with Crippen molar-refractivity contribution in [1.82, 2.24) is 9.55 Å². The summed E-state index contributed by atoms with van der Waals surface area (Å²) >= 11 is 0. The molecular weight excluding hydrogens is 229 g/mol. The maximum Gasteiger partial charge on any atom is 0.449 e. The molecule has 1 aromatic carbocycles. The molecule has 0 aliphatic rings. The van der Waals surface area contributed by atoms with Gasteiger partial charge in [-0.2, -0.15) is 13.2 Å². The summed E-state index contributed by atoms with van der Waals surface area (Å²) in [7, 11) is 0. The second-order valence-corrected chi connectivity index (χ2v) is 3.97. The van der Waals surface area contributed by atoms with Gasteiger partial charge in [-0.15, -0.1) is 0 Å². The van der Waals surface area contributed by atoms with Gasteiger partial charge >= 0.3 is 6.18 Å². The summed E-state index contributed by atoms with van der Waals surface area (Å²) in [6.45, 7) is 5.45. The van der Waals surface area contributed by atoms with Gasteiger partial charge in [0, 0.05) is 6.54 Å². The van der Waals surface area contributed by atoms with Gasteiger partial charge in [0.15, 0.2) is 0 Å². The van der Waals surface area contributed by atoms with E-state index in [-0.39, 0.29) is 6.54 Å². The zero-order valence-corrected chi connectivity index (χ0v) is 9.25. The highest BCUT2D eigenvalue weighted by molar-refractivity contribution is 5.76. The van der Waals surface area contributed by atoms with E-state index in [9.17, 15) is 13.2 Å². The number of hydrogen-bond donors (Lipinski definition) is 0. The Kier molecular flexibility index (Phi) is 2.69.